The maximum absolute atomic E-state index is 13.0. The number of aromatic nitrogens is 5. The predicted molar refractivity (Wildman–Crippen MR) is 99.5 cm³/mol. The Bertz CT molecular complexity index is 1040. The molecule has 1 saturated heterocycles. The van der Waals surface area contributed by atoms with Gasteiger partial charge in [-0.1, -0.05) is 0 Å². The molecule has 0 aliphatic carbocycles. The number of anilines is 1. The molecule has 1 atom stereocenters. The number of nitrogens with two attached hydrogens (primary N) is 2. The molecular weight excluding hydrogens is 366 g/mol. The van der Waals surface area contributed by atoms with Crippen LogP contribution in [-0.2, 0) is 0 Å². The van der Waals surface area contributed by atoms with Crippen LogP contribution in [0.4, 0.5) is 14.6 Å². The Labute approximate surface area is 159 Å². The molecule has 1 fully saturated rings. The number of halogens is 2. The number of imidazole rings is 1. The van der Waals surface area contributed by atoms with Crippen LogP contribution in [-0.4, -0.2) is 43.6 Å². The largest absolute Gasteiger partial charge is 0.402 e. The minimum absolute atomic E-state index is 0.202. The van der Waals surface area contributed by atoms with Crippen molar-refractivity contribution in [3.63, 3.8) is 0 Å². The summed E-state index contributed by atoms with van der Waals surface area (Å²) in [7, 11) is 0. The lowest BCUT2D eigenvalue weighted by Gasteiger charge is -2.18. The van der Waals surface area contributed by atoms with Crippen molar-refractivity contribution in [2.75, 3.05) is 18.0 Å². The summed E-state index contributed by atoms with van der Waals surface area (Å²) in [4.78, 5) is 18.9. The molecule has 0 amide bonds. The van der Waals surface area contributed by atoms with Crippen molar-refractivity contribution < 1.29 is 14.2 Å². The minimum atomic E-state index is -2.67. The Morgan fingerprint density at radius 3 is 2.93 bits per heavy atom. The van der Waals surface area contributed by atoms with Crippen LogP contribution in [0.5, 0.6) is 0 Å². The third-order valence-electron chi connectivity index (χ3n) is 4.78. The van der Waals surface area contributed by atoms with Crippen LogP contribution in [0.15, 0.2) is 42.6 Å². The fourth-order valence-corrected chi connectivity index (χ4v) is 3.32. The summed E-state index contributed by atoms with van der Waals surface area (Å²) in [5, 5.41) is 5.42. The van der Waals surface area contributed by atoms with E-state index in [1.807, 2.05) is 6.07 Å². The minimum Gasteiger partial charge on any atom is -0.402 e. The number of alkyl halides is 2. The molecule has 4 heterocycles. The summed E-state index contributed by atoms with van der Waals surface area (Å²) < 4.78 is 27.5. The van der Waals surface area contributed by atoms with Gasteiger partial charge in [0.1, 0.15) is 17.2 Å². The molecule has 0 radical (unpaired) electrons. The van der Waals surface area contributed by atoms with Gasteiger partial charge in [-0.3, -0.25) is 9.81 Å². The van der Waals surface area contributed by atoms with Gasteiger partial charge < -0.3 is 10.6 Å². The lowest BCUT2D eigenvalue weighted by Crippen LogP contribution is -2.29. The monoisotopic (exact) mass is 385 g/mol. The second kappa shape index (κ2) is 7.29. The number of nitrogens with zero attached hydrogens (tertiary/aromatic N) is 6. The summed E-state index contributed by atoms with van der Waals surface area (Å²) in [6.45, 7) is 1.52. The van der Waals surface area contributed by atoms with E-state index in [0.717, 1.165) is 31.0 Å². The lowest BCUT2D eigenvalue weighted by atomic mass is 10.1. The molecule has 28 heavy (non-hydrogen) atoms. The van der Waals surface area contributed by atoms with E-state index in [0.29, 0.717) is 17.2 Å². The van der Waals surface area contributed by atoms with Crippen LogP contribution in [0.25, 0.3) is 17.2 Å². The Balaban J connectivity index is 1.65. The van der Waals surface area contributed by atoms with Crippen LogP contribution in [0.3, 0.4) is 0 Å². The van der Waals surface area contributed by atoms with E-state index in [9.17, 15) is 8.78 Å². The Hall–Kier alpha value is -3.43. The average Bonchev–Trinajstić information content (AvgIpc) is 3.35. The molecule has 8 nitrogen and oxygen atoms in total. The molecule has 4 rings (SSSR count). The second-order valence-corrected chi connectivity index (χ2v) is 6.51. The zero-order chi connectivity index (χ0) is 19.7. The van der Waals surface area contributed by atoms with Crippen molar-refractivity contribution in [1.29, 1.82) is 0 Å². The molecule has 0 saturated carbocycles. The van der Waals surface area contributed by atoms with E-state index >= 15 is 0 Å². The van der Waals surface area contributed by atoms with Crippen LogP contribution in [0.1, 0.15) is 18.5 Å². The average molecular weight is 385 g/mol. The number of hydrogen-bond acceptors (Lipinski definition) is 6. The Morgan fingerprint density at radius 2 is 2.14 bits per heavy atom. The zero-order valence-electron chi connectivity index (χ0n) is 14.9. The van der Waals surface area contributed by atoms with E-state index in [2.05, 4.69) is 24.8 Å². The molecule has 0 aromatic carbocycles. The van der Waals surface area contributed by atoms with Gasteiger partial charge in [-0.25, -0.2) is 28.7 Å². The van der Waals surface area contributed by atoms with Gasteiger partial charge in [0.25, 0.3) is 6.43 Å². The maximum Gasteiger partial charge on any atom is 0.281 e. The summed E-state index contributed by atoms with van der Waals surface area (Å²) in [6.07, 6.45) is 7.15. The first-order chi connectivity index (χ1) is 13.6. The fourth-order valence-electron chi connectivity index (χ4n) is 3.32. The van der Waals surface area contributed by atoms with E-state index in [4.69, 9.17) is 11.1 Å². The quantitative estimate of drug-likeness (QED) is 0.623. The number of allylic oxidation sites excluding steroid dienone is 1. The van der Waals surface area contributed by atoms with E-state index < -0.39 is 6.43 Å². The topological polar surface area (TPSA) is 111 Å². The van der Waals surface area contributed by atoms with Crippen molar-refractivity contribution in [1.82, 2.24) is 24.3 Å². The fraction of sp³-hybridized carbons (Fsp3) is 0.278. The van der Waals surface area contributed by atoms with Crippen LogP contribution >= 0.6 is 0 Å². The lowest BCUT2D eigenvalue weighted by molar-refractivity contribution is -0.104. The van der Waals surface area contributed by atoms with Gasteiger partial charge in [0.2, 0.25) is 0 Å². The van der Waals surface area contributed by atoms with E-state index in [-0.39, 0.29) is 11.6 Å². The van der Waals surface area contributed by atoms with Crippen LogP contribution in [0.2, 0.25) is 0 Å². The highest BCUT2D eigenvalue weighted by molar-refractivity contribution is 5.66. The summed E-state index contributed by atoms with van der Waals surface area (Å²) in [5.74, 6) is 1.35. The Morgan fingerprint density at radius 1 is 1.29 bits per heavy atom. The maximum atomic E-state index is 13.0. The molecule has 3 aromatic rings. The van der Waals surface area contributed by atoms with Crippen molar-refractivity contribution in [2.45, 2.75) is 12.8 Å². The molecule has 1 unspecified atom stereocenters. The van der Waals surface area contributed by atoms with Gasteiger partial charge in [0.15, 0.2) is 17.7 Å². The van der Waals surface area contributed by atoms with Gasteiger partial charge in [-0.2, -0.15) is 0 Å². The third-order valence-corrected chi connectivity index (χ3v) is 4.78. The van der Waals surface area contributed by atoms with Gasteiger partial charge >= 0.3 is 0 Å². The molecule has 0 spiro atoms. The first kappa shape index (κ1) is 18.0. The Kier molecular flexibility index (Phi) is 4.68. The van der Waals surface area contributed by atoms with Crippen LogP contribution < -0.4 is 16.0 Å². The number of fused-ring (bicyclic) bond motifs is 1. The van der Waals surface area contributed by atoms with Gasteiger partial charge in [0, 0.05) is 43.2 Å². The van der Waals surface area contributed by atoms with E-state index in [1.165, 1.54) is 23.0 Å². The first-order valence-corrected chi connectivity index (χ1v) is 8.77. The summed E-state index contributed by atoms with van der Waals surface area (Å²) >= 11 is 0. The van der Waals surface area contributed by atoms with Crippen molar-refractivity contribution >= 4 is 17.7 Å². The molecule has 0 bridgehead atoms. The van der Waals surface area contributed by atoms with E-state index in [1.54, 1.807) is 18.5 Å². The molecule has 3 aromatic heterocycles. The SMILES string of the molecule is N/C(=C\C=[NH2+])C1CCN(c2ccnc(-c3cnc4cnc(C(F)F)cn34)n2)C1. The van der Waals surface area contributed by atoms with Gasteiger partial charge in [-0.15, -0.1) is 0 Å². The molecule has 4 N–H and O–H groups in total. The van der Waals surface area contributed by atoms with Crippen molar-refractivity contribution in [3.05, 3.63) is 48.3 Å². The first-order valence-electron chi connectivity index (χ1n) is 8.77. The van der Waals surface area contributed by atoms with Crippen molar-refractivity contribution in [2.24, 2.45) is 11.7 Å². The highest BCUT2D eigenvalue weighted by atomic mass is 19.3. The number of rotatable bonds is 5. The predicted octanol–water partition coefficient (Wildman–Crippen LogP) is 0.623. The van der Waals surface area contributed by atoms with Crippen molar-refractivity contribution in [3.8, 4) is 11.5 Å². The number of hydrogen-bond donors (Lipinski definition) is 2. The molecule has 1 aliphatic rings. The van der Waals surface area contributed by atoms with Gasteiger partial charge in [0.05, 0.1) is 12.4 Å². The third kappa shape index (κ3) is 3.28. The van der Waals surface area contributed by atoms with Gasteiger partial charge in [-0.05, 0) is 12.5 Å². The standard InChI is InChI=1S/C18H18F2N8/c19-17(20)13-10-28-14(7-25-16(28)8-24-13)18-23-5-2-15(26-18)27-6-3-11(9-27)12(22)1-4-21/h1-2,4-5,7-8,10-11,17,21H,3,6,9,22H2/p+1/b12-1-,21-4?. The molecule has 10 heteroatoms. The highest BCUT2D eigenvalue weighted by Gasteiger charge is 2.26. The molecular formula is C18H19F2N8+. The summed E-state index contributed by atoms with van der Waals surface area (Å²) in [5.41, 5.74) is 7.44. The second-order valence-electron chi connectivity index (χ2n) is 6.51. The normalized spacial score (nSPS) is 17.6. The molecule has 144 valence electrons. The van der Waals surface area contributed by atoms with Crippen LogP contribution in [0, 0.1) is 5.92 Å². The summed E-state index contributed by atoms with van der Waals surface area (Å²) in [6, 6.07) is 1.82. The highest BCUT2D eigenvalue weighted by Crippen LogP contribution is 2.27. The smallest absolute Gasteiger partial charge is 0.281 e. The zero-order valence-corrected chi connectivity index (χ0v) is 14.9. The molecule has 1 aliphatic heterocycles.